The zero-order valence-corrected chi connectivity index (χ0v) is 19.2. The van der Waals surface area contributed by atoms with Crippen LogP contribution in [0.25, 0.3) is 0 Å². The molecule has 0 aliphatic carbocycles. The molecule has 8 heteroatoms. The SMILES string of the molecule is COc1cc(/C=N\NC(=O)C(=O)Nc2cccc(C)c2)ccc1OCc1ccc(Br)cc1. The van der Waals surface area contributed by atoms with Gasteiger partial charge in [-0.3, -0.25) is 9.59 Å². The number of hydrogen-bond donors (Lipinski definition) is 2. The van der Waals surface area contributed by atoms with Gasteiger partial charge in [-0.25, -0.2) is 5.43 Å². The molecule has 3 aromatic carbocycles. The molecule has 0 aliphatic rings. The Labute approximate surface area is 194 Å². The number of ether oxygens (including phenoxy) is 2. The first kappa shape index (κ1) is 23.0. The Morgan fingerprint density at radius 1 is 1.00 bits per heavy atom. The zero-order valence-electron chi connectivity index (χ0n) is 17.6. The fourth-order valence-electron chi connectivity index (χ4n) is 2.75. The minimum atomic E-state index is -0.871. The number of nitrogens with zero attached hydrogens (tertiary/aromatic N) is 1. The van der Waals surface area contributed by atoms with Crippen molar-refractivity contribution in [2.75, 3.05) is 12.4 Å². The van der Waals surface area contributed by atoms with Crippen LogP contribution in [0.4, 0.5) is 5.69 Å². The van der Waals surface area contributed by atoms with E-state index in [1.165, 1.54) is 6.21 Å². The van der Waals surface area contributed by atoms with E-state index < -0.39 is 11.8 Å². The van der Waals surface area contributed by atoms with E-state index in [1.54, 1.807) is 43.5 Å². The maximum atomic E-state index is 12.0. The van der Waals surface area contributed by atoms with Crippen LogP contribution in [0.5, 0.6) is 11.5 Å². The van der Waals surface area contributed by atoms with Crippen LogP contribution < -0.4 is 20.2 Å². The van der Waals surface area contributed by atoms with Gasteiger partial charge >= 0.3 is 11.8 Å². The van der Waals surface area contributed by atoms with Gasteiger partial charge in [-0.05, 0) is 66.1 Å². The maximum absolute atomic E-state index is 12.0. The largest absolute Gasteiger partial charge is 0.493 e. The molecule has 0 saturated heterocycles. The number of nitrogens with one attached hydrogen (secondary N) is 2. The molecule has 0 radical (unpaired) electrons. The monoisotopic (exact) mass is 495 g/mol. The molecule has 7 nitrogen and oxygen atoms in total. The van der Waals surface area contributed by atoms with Gasteiger partial charge in [0, 0.05) is 10.2 Å². The molecule has 0 atom stereocenters. The van der Waals surface area contributed by atoms with Crippen molar-refractivity contribution >= 4 is 39.6 Å². The van der Waals surface area contributed by atoms with E-state index in [0.29, 0.717) is 29.4 Å². The third-order valence-electron chi connectivity index (χ3n) is 4.36. The smallest absolute Gasteiger partial charge is 0.329 e. The Balaban J connectivity index is 1.56. The van der Waals surface area contributed by atoms with Gasteiger partial charge in [0.05, 0.1) is 13.3 Å². The summed E-state index contributed by atoms with van der Waals surface area (Å²) in [5.41, 5.74) is 5.41. The second-order valence-corrected chi connectivity index (χ2v) is 7.76. The quantitative estimate of drug-likeness (QED) is 0.288. The standard InChI is InChI=1S/C24H22BrN3O4/c1-16-4-3-5-20(12-16)27-23(29)24(30)28-26-14-18-8-11-21(22(13-18)31-2)32-15-17-6-9-19(25)10-7-17/h3-14H,15H2,1-2H3,(H,27,29)(H,28,30)/b26-14-. The third-order valence-corrected chi connectivity index (χ3v) is 4.89. The summed E-state index contributed by atoms with van der Waals surface area (Å²) in [7, 11) is 1.54. The van der Waals surface area contributed by atoms with Crippen LogP contribution in [0, 0.1) is 6.92 Å². The highest BCUT2D eigenvalue weighted by atomic mass is 79.9. The van der Waals surface area contributed by atoms with Crippen LogP contribution in [0.2, 0.25) is 0 Å². The molecule has 32 heavy (non-hydrogen) atoms. The van der Waals surface area contributed by atoms with Crippen molar-refractivity contribution in [3.63, 3.8) is 0 Å². The molecule has 2 amide bonds. The van der Waals surface area contributed by atoms with E-state index in [9.17, 15) is 9.59 Å². The molecule has 3 rings (SSSR count). The average Bonchev–Trinajstić information content (AvgIpc) is 2.79. The van der Waals surface area contributed by atoms with Gasteiger partial charge in [-0.1, -0.05) is 40.2 Å². The number of anilines is 1. The van der Waals surface area contributed by atoms with Crippen molar-refractivity contribution in [1.29, 1.82) is 0 Å². The minimum absolute atomic E-state index is 0.392. The van der Waals surface area contributed by atoms with Gasteiger partial charge in [0.1, 0.15) is 6.61 Å². The number of methoxy groups -OCH3 is 1. The summed E-state index contributed by atoms with van der Waals surface area (Å²) in [6.07, 6.45) is 1.42. The van der Waals surface area contributed by atoms with Crippen molar-refractivity contribution in [1.82, 2.24) is 5.43 Å². The predicted octanol–water partition coefficient (Wildman–Crippen LogP) is 4.43. The number of halogens is 1. The molecule has 0 saturated carbocycles. The van der Waals surface area contributed by atoms with E-state index in [2.05, 4.69) is 31.8 Å². The first-order valence-corrected chi connectivity index (χ1v) is 10.5. The third kappa shape index (κ3) is 6.68. The fraction of sp³-hybridized carbons (Fsp3) is 0.125. The first-order valence-electron chi connectivity index (χ1n) is 9.71. The van der Waals surface area contributed by atoms with Crippen molar-refractivity contribution < 1.29 is 19.1 Å². The van der Waals surface area contributed by atoms with Gasteiger partial charge in [-0.15, -0.1) is 0 Å². The average molecular weight is 496 g/mol. The number of aryl methyl sites for hydroxylation is 1. The van der Waals surface area contributed by atoms with Gasteiger partial charge < -0.3 is 14.8 Å². The summed E-state index contributed by atoms with van der Waals surface area (Å²) in [4.78, 5) is 23.9. The van der Waals surface area contributed by atoms with Crippen LogP contribution in [0.1, 0.15) is 16.7 Å². The second-order valence-electron chi connectivity index (χ2n) is 6.85. The second kappa shape index (κ2) is 11.1. The minimum Gasteiger partial charge on any atom is -0.493 e. The van der Waals surface area contributed by atoms with Gasteiger partial charge in [0.25, 0.3) is 0 Å². The summed E-state index contributed by atoms with van der Waals surface area (Å²) in [5.74, 6) is -0.574. The van der Waals surface area contributed by atoms with E-state index in [1.807, 2.05) is 37.3 Å². The molecular formula is C24H22BrN3O4. The topological polar surface area (TPSA) is 89.0 Å². The lowest BCUT2D eigenvalue weighted by molar-refractivity contribution is -0.136. The van der Waals surface area contributed by atoms with Crippen LogP contribution in [-0.2, 0) is 16.2 Å². The molecule has 0 unspecified atom stereocenters. The molecule has 3 aromatic rings. The molecular weight excluding hydrogens is 474 g/mol. The summed E-state index contributed by atoms with van der Waals surface area (Å²) >= 11 is 3.41. The summed E-state index contributed by atoms with van der Waals surface area (Å²) < 4.78 is 12.2. The van der Waals surface area contributed by atoms with E-state index >= 15 is 0 Å². The fourth-order valence-corrected chi connectivity index (χ4v) is 3.02. The molecule has 0 aromatic heterocycles. The Morgan fingerprint density at radius 2 is 1.78 bits per heavy atom. The highest BCUT2D eigenvalue weighted by molar-refractivity contribution is 9.10. The number of hydrogen-bond acceptors (Lipinski definition) is 5. The van der Waals surface area contributed by atoms with Crippen molar-refractivity contribution in [3.05, 3.63) is 87.9 Å². The number of amides is 2. The van der Waals surface area contributed by atoms with Gasteiger partial charge in [0.2, 0.25) is 0 Å². The molecule has 0 aliphatic heterocycles. The predicted molar refractivity (Wildman–Crippen MR) is 127 cm³/mol. The van der Waals surface area contributed by atoms with E-state index in [-0.39, 0.29) is 0 Å². The lowest BCUT2D eigenvalue weighted by Gasteiger charge is -2.11. The number of carbonyl (C=O) groups excluding carboxylic acids is 2. The normalized spacial score (nSPS) is 10.6. The molecule has 2 N–H and O–H groups in total. The lowest BCUT2D eigenvalue weighted by atomic mass is 10.2. The van der Waals surface area contributed by atoms with Crippen LogP contribution in [0.15, 0.2) is 76.3 Å². The van der Waals surface area contributed by atoms with Gasteiger partial charge in [-0.2, -0.15) is 5.10 Å². The van der Waals surface area contributed by atoms with Crippen LogP contribution in [0.3, 0.4) is 0 Å². The summed E-state index contributed by atoms with van der Waals surface area (Å²) in [6.45, 7) is 2.29. The van der Waals surface area contributed by atoms with Gasteiger partial charge in [0.15, 0.2) is 11.5 Å². The Kier molecular flexibility index (Phi) is 7.99. The van der Waals surface area contributed by atoms with Crippen LogP contribution >= 0.6 is 15.9 Å². The lowest BCUT2D eigenvalue weighted by Crippen LogP contribution is -2.32. The Bertz CT molecular complexity index is 1130. The summed E-state index contributed by atoms with van der Waals surface area (Å²) in [5, 5.41) is 6.37. The highest BCUT2D eigenvalue weighted by Gasteiger charge is 2.13. The Hall–Kier alpha value is -3.65. The van der Waals surface area contributed by atoms with Crippen molar-refractivity contribution in [2.45, 2.75) is 13.5 Å². The number of benzene rings is 3. The molecule has 0 fully saturated rings. The number of hydrazone groups is 1. The van der Waals surface area contributed by atoms with E-state index in [0.717, 1.165) is 15.6 Å². The zero-order chi connectivity index (χ0) is 22.9. The van der Waals surface area contributed by atoms with Crippen molar-refractivity contribution in [2.24, 2.45) is 5.10 Å². The molecule has 0 heterocycles. The molecule has 164 valence electrons. The first-order chi connectivity index (χ1) is 15.4. The maximum Gasteiger partial charge on any atom is 0.329 e. The molecule has 0 bridgehead atoms. The Morgan fingerprint density at radius 3 is 2.50 bits per heavy atom. The van der Waals surface area contributed by atoms with Crippen molar-refractivity contribution in [3.8, 4) is 11.5 Å². The highest BCUT2D eigenvalue weighted by Crippen LogP contribution is 2.28. The number of carbonyl (C=O) groups is 2. The number of rotatable bonds is 7. The summed E-state index contributed by atoms with van der Waals surface area (Å²) in [6, 6.07) is 20.2. The molecule has 0 spiro atoms. The van der Waals surface area contributed by atoms with E-state index in [4.69, 9.17) is 9.47 Å². The van der Waals surface area contributed by atoms with Crippen LogP contribution in [-0.4, -0.2) is 25.1 Å².